The molecule has 5 heteroatoms. The number of hydrogen-bond donors (Lipinski definition) is 0. The molecule has 1 aliphatic heterocycles. The summed E-state index contributed by atoms with van der Waals surface area (Å²) in [5.41, 5.74) is 2.12. The topological polar surface area (TPSA) is 55.2 Å². The number of aryl methyl sites for hydroxylation is 2. The van der Waals surface area contributed by atoms with Crippen molar-refractivity contribution in [3.8, 4) is 0 Å². The third kappa shape index (κ3) is 3.37. The lowest BCUT2D eigenvalue weighted by Gasteiger charge is -2.32. The predicted octanol–water partition coefficient (Wildman–Crippen LogP) is 3.62. The molecule has 1 amide bonds. The zero-order chi connectivity index (χ0) is 19.0. The molecular weight excluding hydrogens is 338 g/mol. The predicted molar refractivity (Wildman–Crippen MR) is 105 cm³/mol. The fraction of sp³-hybridized carbons (Fsp3) is 0.318. The summed E-state index contributed by atoms with van der Waals surface area (Å²) in [4.78, 5) is 27.7. The van der Waals surface area contributed by atoms with Crippen LogP contribution in [0.25, 0.3) is 10.8 Å². The number of rotatable bonds is 3. The minimum Gasteiger partial charge on any atom is -0.337 e. The molecule has 0 spiro atoms. The van der Waals surface area contributed by atoms with Crippen molar-refractivity contribution in [2.75, 3.05) is 13.1 Å². The molecule has 0 aliphatic carbocycles. The van der Waals surface area contributed by atoms with E-state index in [9.17, 15) is 9.59 Å². The molecule has 0 saturated carbocycles. The fourth-order valence-corrected chi connectivity index (χ4v) is 3.93. The SMILES string of the molecule is Cc1cc(C(=O)N2CCC[C@H](C(=O)c3ccc4ccccc4c3)C2)n(C)n1. The summed E-state index contributed by atoms with van der Waals surface area (Å²) in [6, 6.07) is 15.7. The van der Waals surface area contributed by atoms with Gasteiger partial charge in [-0.2, -0.15) is 5.10 Å². The first-order valence-electron chi connectivity index (χ1n) is 9.36. The standard InChI is InChI=1S/C22H23N3O2/c1-15-12-20(24(2)23-15)22(27)25-11-5-8-19(14-25)21(26)18-10-9-16-6-3-4-7-17(16)13-18/h3-4,6-7,9-10,12-13,19H,5,8,11,14H2,1-2H3/t19-/m0/s1. The Kier molecular flexibility index (Phi) is 4.52. The average Bonchev–Trinajstić information content (AvgIpc) is 3.04. The first kappa shape index (κ1) is 17.5. The highest BCUT2D eigenvalue weighted by molar-refractivity contribution is 6.02. The van der Waals surface area contributed by atoms with E-state index in [1.54, 1.807) is 22.7 Å². The normalized spacial score (nSPS) is 17.3. The van der Waals surface area contributed by atoms with E-state index in [2.05, 4.69) is 5.10 Å². The molecular formula is C22H23N3O2. The van der Waals surface area contributed by atoms with Crippen LogP contribution in [0.2, 0.25) is 0 Å². The zero-order valence-corrected chi connectivity index (χ0v) is 15.7. The largest absolute Gasteiger partial charge is 0.337 e. The summed E-state index contributed by atoms with van der Waals surface area (Å²) in [5.74, 6) is -0.0771. The number of hydrogen-bond acceptors (Lipinski definition) is 3. The number of piperidine rings is 1. The van der Waals surface area contributed by atoms with Crippen molar-refractivity contribution >= 4 is 22.5 Å². The van der Waals surface area contributed by atoms with Gasteiger partial charge in [-0.15, -0.1) is 0 Å². The summed E-state index contributed by atoms with van der Waals surface area (Å²) < 4.78 is 1.62. The molecule has 0 radical (unpaired) electrons. The number of amides is 1. The van der Waals surface area contributed by atoms with Crippen LogP contribution in [-0.4, -0.2) is 39.5 Å². The number of benzene rings is 2. The second kappa shape index (κ2) is 6.99. The van der Waals surface area contributed by atoms with Crippen LogP contribution in [-0.2, 0) is 7.05 Å². The Balaban J connectivity index is 1.54. The number of Topliss-reactive ketones (excluding diaryl/α,β-unsaturated/α-hetero) is 1. The number of likely N-dealkylation sites (tertiary alicyclic amines) is 1. The fourth-order valence-electron chi connectivity index (χ4n) is 3.93. The van der Waals surface area contributed by atoms with Crippen molar-refractivity contribution in [1.82, 2.24) is 14.7 Å². The summed E-state index contributed by atoms with van der Waals surface area (Å²) in [5, 5.41) is 6.45. The quantitative estimate of drug-likeness (QED) is 0.670. The highest BCUT2D eigenvalue weighted by Crippen LogP contribution is 2.24. The Hall–Kier alpha value is -2.95. The monoisotopic (exact) mass is 361 g/mol. The van der Waals surface area contributed by atoms with E-state index in [4.69, 9.17) is 0 Å². The lowest BCUT2D eigenvalue weighted by atomic mass is 9.89. The van der Waals surface area contributed by atoms with Crippen LogP contribution in [0.5, 0.6) is 0 Å². The molecule has 1 aromatic heterocycles. The van der Waals surface area contributed by atoms with Gasteiger partial charge < -0.3 is 4.90 Å². The number of carbonyl (C=O) groups is 2. The first-order chi connectivity index (χ1) is 13.0. The molecule has 27 heavy (non-hydrogen) atoms. The first-order valence-corrected chi connectivity index (χ1v) is 9.36. The molecule has 1 atom stereocenters. The molecule has 5 nitrogen and oxygen atoms in total. The van der Waals surface area contributed by atoms with Crippen LogP contribution in [0.3, 0.4) is 0 Å². The molecule has 1 fully saturated rings. The Bertz CT molecular complexity index is 1020. The molecule has 3 aromatic rings. The lowest BCUT2D eigenvalue weighted by molar-refractivity contribution is 0.0628. The van der Waals surface area contributed by atoms with Gasteiger partial charge in [0.1, 0.15) is 5.69 Å². The smallest absolute Gasteiger partial charge is 0.272 e. The molecule has 0 N–H and O–H groups in total. The van der Waals surface area contributed by atoms with Gasteiger partial charge in [0.15, 0.2) is 5.78 Å². The van der Waals surface area contributed by atoms with E-state index in [0.29, 0.717) is 18.8 Å². The van der Waals surface area contributed by atoms with Gasteiger partial charge in [0.05, 0.1) is 5.69 Å². The summed E-state index contributed by atoms with van der Waals surface area (Å²) in [6.07, 6.45) is 1.66. The minimum atomic E-state index is -0.154. The Labute approximate surface area is 158 Å². The van der Waals surface area contributed by atoms with Gasteiger partial charge in [-0.25, -0.2) is 0 Å². The molecule has 2 aromatic carbocycles. The molecule has 0 bridgehead atoms. The van der Waals surface area contributed by atoms with Crippen LogP contribution in [0.4, 0.5) is 0 Å². The number of nitrogens with zero attached hydrogens (tertiary/aromatic N) is 3. The van der Waals surface area contributed by atoms with Crippen LogP contribution in [0.15, 0.2) is 48.5 Å². The van der Waals surface area contributed by atoms with Crippen molar-refractivity contribution < 1.29 is 9.59 Å². The summed E-state index contributed by atoms with van der Waals surface area (Å²) in [6.45, 7) is 3.03. The summed E-state index contributed by atoms with van der Waals surface area (Å²) in [7, 11) is 1.78. The molecule has 1 saturated heterocycles. The van der Waals surface area contributed by atoms with Gasteiger partial charge in [0, 0.05) is 31.6 Å². The number of carbonyl (C=O) groups excluding carboxylic acids is 2. The average molecular weight is 361 g/mol. The maximum Gasteiger partial charge on any atom is 0.272 e. The molecule has 0 unspecified atom stereocenters. The zero-order valence-electron chi connectivity index (χ0n) is 15.7. The van der Waals surface area contributed by atoms with E-state index >= 15 is 0 Å². The third-order valence-electron chi connectivity index (χ3n) is 5.33. The van der Waals surface area contributed by atoms with Gasteiger partial charge in [-0.1, -0.05) is 36.4 Å². The van der Waals surface area contributed by atoms with Crippen molar-refractivity contribution in [1.29, 1.82) is 0 Å². The maximum atomic E-state index is 13.1. The Morgan fingerprint density at radius 3 is 2.59 bits per heavy atom. The minimum absolute atomic E-state index is 0.0471. The van der Waals surface area contributed by atoms with E-state index in [1.165, 1.54) is 0 Å². The van der Waals surface area contributed by atoms with Crippen molar-refractivity contribution in [3.63, 3.8) is 0 Å². The van der Waals surface area contributed by atoms with Crippen LogP contribution in [0, 0.1) is 12.8 Å². The lowest BCUT2D eigenvalue weighted by Crippen LogP contribution is -2.43. The van der Waals surface area contributed by atoms with E-state index < -0.39 is 0 Å². The molecule has 138 valence electrons. The van der Waals surface area contributed by atoms with Crippen LogP contribution < -0.4 is 0 Å². The molecule has 4 rings (SSSR count). The van der Waals surface area contributed by atoms with Gasteiger partial charge in [0.25, 0.3) is 5.91 Å². The van der Waals surface area contributed by atoms with Crippen molar-refractivity contribution in [3.05, 3.63) is 65.5 Å². The van der Waals surface area contributed by atoms with Gasteiger partial charge in [-0.3, -0.25) is 14.3 Å². The number of ketones is 1. The van der Waals surface area contributed by atoms with E-state index in [1.807, 2.05) is 49.4 Å². The van der Waals surface area contributed by atoms with E-state index in [0.717, 1.165) is 34.9 Å². The van der Waals surface area contributed by atoms with Crippen molar-refractivity contribution in [2.24, 2.45) is 13.0 Å². The second-order valence-electron chi connectivity index (χ2n) is 7.31. The van der Waals surface area contributed by atoms with Crippen LogP contribution >= 0.6 is 0 Å². The highest BCUT2D eigenvalue weighted by Gasteiger charge is 2.30. The van der Waals surface area contributed by atoms with Crippen molar-refractivity contribution in [2.45, 2.75) is 19.8 Å². The second-order valence-corrected chi connectivity index (χ2v) is 7.31. The van der Waals surface area contributed by atoms with Crippen LogP contribution in [0.1, 0.15) is 39.4 Å². The number of aromatic nitrogens is 2. The maximum absolute atomic E-state index is 13.1. The third-order valence-corrected chi connectivity index (χ3v) is 5.33. The molecule has 1 aliphatic rings. The van der Waals surface area contributed by atoms with Gasteiger partial charge >= 0.3 is 0 Å². The van der Waals surface area contributed by atoms with Gasteiger partial charge in [-0.05, 0) is 42.7 Å². The summed E-state index contributed by atoms with van der Waals surface area (Å²) >= 11 is 0. The highest BCUT2D eigenvalue weighted by atomic mass is 16.2. The Morgan fingerprint density at radius 1 is 1.07 bits per heavy atom. The van der Waals surface area contributed by atoms with E-state index in [-0.39, 0.29) is 17.6 Å². The Morgan fingerprint density at radius 2 is 1.85 bits per heavy atom. The number of fused-ring (bicyclic) bond motifs is 1. The molecule has 2 heterocycles. The van der Waals surface area contributed by atoms with Gasteiger partial charge in [0.2, 0.25) is 0 Å².